The van der Waals surface area contributed by atoms with Crippen molar-refractivity contribution in [1.82, 2.24) is 19.9 Å². The molecule has 1 fully saturated rings. The monoisotopic (exact) mass is 295 g/mol. The molecule has 1 atom stereocenters. The minimum atomic E-state index is -0.00264. The van der Waals surface area contributed by atoms with Gasteiger partial charge >= 0.3 is 6.01 Å². The van der Waals surface area contributed by atoms with E-state index < -0.39 is 0 Å². The molecule has 1 aromatic heterocycles. The Morgan fingerprint density at radius 3 is 2.76 bits per heavy atom. The average molecular weight is 295 g/mol. The number of hydrogen-bond acceptors (Lipinski definition) is 8. The van der Waals surface area contributed by atoms with Gasteiger partial charge in [0.25, 0.3) is 0 Å². The van der Waals surface area contributed by atoms with Crippen LogP contribution in [0, 0.1) is 0 Å². The van der Waals surface area contributed by atoms with Gasteiger partial charge in [-0.05, 0) is 40.3 Å². The van der Waals surface area contributed by atoms with Crippen molar-refractivity contribution in [2.75, 3.05) is 37.5 Å². The van der Waals surface area contributed by atoms with E-state index in [2.05, 4.69) is 32.3 Å². The van der Waals surface area contributed by atoms with Gasteiger partial charge in [0, 0.05) is 19.6 Å². The lowest BCUT2D eigenvalue weighted by atomic mass is 10.2. The lowest BCUT2D eigenvalue weighted by molar-refractivity contribution is 0.222. The third-order valence-corrected chi connectivity index (χ3v) is 3.57. The first-order chi connectivity index (χ1) is 9.99. The van der Waals surface area contributed by atoms with Crippen LogP contribution in [0.3, 0.4) is 0 Å². The molecule has 0 aliphatic carbocycles. The van der Waals surface area contributed by atoms with Gasteiger partial charge in [-0.15, -0.1) is 0 Å². The predicted molar refractivity (Wildman–Crippen MR) is 82.3 cm³/mol. The molecule has 0 bridgehead atoms. The van der Waals surface area contributed by atoms with E-state index in [1.54, 1.807) is 0 Å². The summed E-state index contributed by atoms with van der Waals surface area (Å²) in [5.41, 5.74) is 2.46. The van der Waals surface area contributed by atoms with E-state index in [4.69, 9.17) is 10.6 Å². The third-order valence-electron chi connectivity index (χ3n) is 3.57. The number of nitrogens with two attached hydrogens (primary N) is 1. The summed E-state index contributed by atoms with van der Waals surface area (Å²) < 4.78 is 5.54. The zero-order valence-electron chi connectivity index (χ0n) is 13.2. The molecule has 1 saturated heterocycles. The van der Waals surface area contributed by atoms with E-state index in [-0.39, 0.29) is 12.1 Å². The second kappa shape index (κ2) is 6.86. The zero-order chi connectivity index (χ0) is 15.4. The Balaban J connectivity index is 2.12. The molecule has 1 aliphatic rings. The molecule has 118 valence electrons. The van der Waals surface area contributed by atoms with E-state index in [0.29, 0.717) is 17.9 Å². The van der Waals surface area contributed by atoms with Crippen molar-refractivity contribution in [2.24, 2.45) is 5.84 Å². The van der Waals surface area contributed by atoms with Gasteiger partial charge in [-0.2, -0.15) is 15.0 Å². The van der Waals surface area contributed by atoms with E-state index in [1.807, 2.05) is 25.8 Å². The van der Waals surface area contributed by atoms with Crippen molar-refractivity contribution in [3.8, 4) is 6.01 Å². The second-order valence-electron chi connectivity index (χ2n) is 5.71. The minimum Gasteiger partial charge on any atom is -0.461 e. The van der Waals surface area contributed by atoms with Gasteiger partial charge in [0.15, 0.2) is 0 Å². The highest BCUT2D eigenvalue weighted by atomic mass is 16.5. The minimum absolute atomic E-state index is 0.00264. The van der Waals surface area contributed by atoms with Crippen LogP contribution in [-0.4, -0.2) is 59.2 Å². The fourth-order valence-electron chi connectivity index (χ4n) is 2.45. The molecule has 0 saturated carbocycles. The van der Waals surface area contributed by atoms with Gasteiger partial charge in [0.1, 0.15) is 0 Å². The van der Waals surface area contributed by atoms with Crippen molar-refractivity contribution in [3.05, 3.63) is 0 Å². The molecule has 21 heavy (non-hydrogen) atoms. The third kappa shape index (κ3) is 4.15. The molecule has 2 heterocycles. The van der Waals surface area contributed by atoms with Crippen LogP contribution in [-0.2, 0) is 0 Å². The standard InChI is InChI=1S/C13H25N7O/c1-9(2)21-13-16-11(18-14)15-12(17-13)20(4)8-10-6-5-7-19(10)3/h9-10H,5-8,14H2,1-4H3,(H,15,16,17,18). The molecule has 1 aliphatic heterocycles. The van der Waals surface area contributed by atoms with Crippen LogP contribution in [0.5, 0.6) is 6.01 Å². The Hall–Kier alpha value is -1.67. The van der Waals surface area contributed by atoms with Gasteiger partial charge in [-0.25, -0.2) is 5.84 Å². The maximum Gasteiger partial charge on any atom is 0.323 e. The van der Waals surface area contributed by atoms with Gasteiger partial charge < -0.3 is 14.5 Å². The molecule has 0 spiro atoms. The van der Waals surface area contributed by atoms with Crippen LogP contribution < -0.4 is 20.9 Å². The summed E-state index contributed by atoms with van der Waals surface area (Å²) in [6.07, 6.45) is 2.43. The predicted octanol–water partition coefficient (Wildman–Crippen LogP) is 0.475. The summed E-state index contributed by atoms with van der Waals surface area (Å²) in [6.45, 7) is 5.87. The van der Waals surface area contributed by atoms with Crippen molar-refractivity contribution < 1.29 is 4.74 Å². The summed E-state index contributed by atoms with van der Waals surface area (Å²) in [5, 5.41) is 0. The Kier molecular flexibility index (Phi) is 5.13. The lowest BCUT2D eigenvalue weighted by Gasteiger charge is -2.26. The first kappa shape index (κ1) is 15.7. The Bertz CT molecular complexity index is 468. The first-order valence-electron chi connectivity index (χ1n) is 7.30. The van der Waals surface area contributed by atoms with Gasteiger partial charge in [0.05, 0.1) is 6.10 Å². The zero-order valence-corrected chi connectivity index (χ0v) is 13.2. The highest BCUT2D eigenvalue weighted by Gasteiger charge is 2.23. The van der Waals surface area contributed by atoms with Crippen molar-refractivity contribution in [3.63, 3.8) is 0 Å². The van der Waals surface area contributed by atoms with E-state index in [1.165, 1.54) is 12.8 Å². The number of ether oxygens (including phenoxy) is 1. The van der Waals surface area contributed by atoms with Crippen LogP contribution in [0.1, 0.15) is 26.7 Å². The number of nitrogens with zero attached hydrogens (tertiary/aromatic N) is 5. The van der Waals surface area contributed by atoms with E-state index >= 15 is 0 Å². The van der Waals surface area contributed by atoms with Crippen LogP contribution in [0.2, 0.25) is 0 Å². The van der Waals surface area contributed by atoms with Crippen LogP contribution >= 0.6 is 0 Å². The molecule has 8 heteroatoms. The molecule has 1 aromatic rings. The summed E-state index contributed by atoms with van der Waals surface area (Å²) in [7, 11) is 4.13. The maximum atomic E-state index is 5.54. The number of anilines is 2. The Morgan fingerprint density at radius 1 is 1.43 bits per heavy atom. The quantitative estimate of drug-likeness (QED) is 0.578. The topological polar surface area (TPSA) is 92.4 Å². The molecule has 3 N–H and O–H groups in total. The molecule has 1 unspecified atom stereocenters. The molecule has 0 amide bonds. The number of hydrazine groups is 1. The number of likely N-dealkylation sites (N-methyl/N-ethyl adjacent to an activating group) is 2. The summed E-state index contributed by atoms with van der Waals surface area (Å²) in [5.74, 6) is 6.29. The molecule has 2 rings (SSSR count). The van der Waals surface area contributed by atoms with Crippen molar-refractivity contribution in [2.45, 2.75) is 38.8 Å². The number of aromatic nitrogens is 3. The fraction of sp³-hybridized carbons (Fsp3) is 0.769. The largest absolute Gasteiger partial charge is 0.461 e. The number of nitrogens with one attached hydrogen (secondary N) is 1. The average Bonchev–Trinajstić information content (AvgIpc) is 2.83. The number of hydrogen-bond donors (Lipinski definition) is 2. The summed E-state index contributed by atoms with van der Waals surface area (Å²) in [4.78, 5) is 17.1. The summed E-state index contributed by atoms with van der Waals surface area (Å²) in [6, 6.07) is 0.810. The van der Waals surface area contributed by atoms with E-state index in [0.717, 1.165) is 13.1 Å². The molecular weight excluding hydrogens is 270 g/mol. The van der Waals surface area contributed by atoms with Crippen LogP contribution in [0.25, 0.3) is 0 Å². The van der Waals surface area contributed by atoms with Crippen molar-refractivity contribution in [1.29, 1.82) is 0 Å². The molecule has 0 radical (unpaired) electrons. The molecule has 8 nitrogen and oxygen atoms in total. The second-order valence-corrected chi connectivity index (χ2v) is 5.71. The first-order valence-corrected chi connectivity index (χ1v) is 7.30. The van der Waals surface area contributed by atoms with Gasteiger partial charge in [-0.1, -0.05) is 0 Å². The van der Waals surface area contributed by atoms with Crippen LogP contribution in [0.4, 0.5) is 11.9 Å². The molecule has 0 aromatic carbocycles. The SMILES string of the molecule is CC(C)Oc1nc(NN)nc(N(C)CC2CCCN2C)n1. The fourth-order valence-corrected chi connectivity index (χ4v) is 2.45. The van der Waals surface area contributed by atoms with Crippen LogP contribution in [0.15, 0.2) is 0 Å². The lowest BCUT2D eigenvalue weighted by Crippen LogP contribution is -2.37. The number of nitrogen functional groups attached to an aromatic ring is 1. The highest BCUT2D eigenvalue weighted by molar-refractivity contribution is 5.37. The van der Waals surface area contributed by atoms with Crippen molar-refractivity contribution >= 4 is 11.9 Å². The van der Waals surface area contributed by atoms with Gasteiger partial charge in [-0.3, -0.25) is 5.43 Å². The van der Waals surface area contributed by atoms with E-state index in [9.17, 15) is 0 Å². The Morgan fingerprint density at radius 2 is 2.19 bits per heavy atom. The van der Waals surface area contributed by atoms with Gasteiger partial charge in [0.2, 0.25) is 11.9 Å². The maximum absolute atomic E-state index is 5.54. The number of rotatable bonds is 6. The smallest absolute Gasteiger partial charge is 0.323 e. The number of likely N-dealkylation sites (tertiary alicyclic amines) is 1. The molecular formula is C13H25N7O. The normalized spacial score (nSPS) is 19.0. The Labute approximate surface area is 125 Å². The summed E-state index contributed by atoms with van der Waals surface area (Å²) >= 11 is 0. The highest BCUT2D eigenvalue weighted by Crippen LogP contribution is 2.19.